The van der Waals surface area contributed by atoms with E-state index < -0.39 is 0 Å². The summed E-state index contributed by atoms with van der Waals surface area (Å²) in [7, 11) is 0. The van der Waals surface area contributed by atoms with E-state index >= 15 is 0 Å². The van der Waals surface area contributed by atoms with Crippen LogP contribution in [0.15, 0.2) is 53.3 Å². The second-order valence-corrected chi connectivity index (χ2v) is 8.88. The summed E-state index contributed by atoms with van der Waals surface area (Å²) in [6.07, 6.45) is 3.39. The van der Waals surface area contributed by atoms with Gasteiger partial charge in [-0.25, -0.2) is 0 Å². The average Bonchev–Trinajstić information content (AvgIpc) is 2.77. The van der Waals surface area contributed by atoms with Crippen molar-refractivity contribution in [3.05, 3.63) is 81.1 Å². The maximum Gasteiger partial charge on any atom is 0.198 e. The first-order valence-electron chi connectivity index (χ1n) is 11.5. The van der Waals surface area contributed by atoms with Gasteiger partial charge in [0.2, 0.25) is 0 Å². The van der Waals surface area contributed by atoms with Gasteiger partial charge in [0.25, 0.3) is 0 Å². The summed E-state index contributed by atoms with van der Waals surface area (Å²) in [6.45, 7) is 10.8. The Labute approximate surface area is 179 Å². The topological polar surface area (TPSA) is 41.7 Å². The molecule has 30 heavy (non-hydrogen) atoms. The lowest BCUT2D eigenvalue weighted by Gasteiger charge is -2.30. The lowest BCUT2D eigenvalue weighted by Crippen LogP contribution is -3.27. The molecule has 4 rings (SSSR count). The van der Waals surface area contributed by atoms with Crippen LogP contribution in [0, 0.1) is 6.92 Å². The highest BCUT2D eigenvalue weighted by atomic mass is 16.1. The highest BCUT2D eigenvalue weighted by molar-refractivity contribution is 5.80. The Balaban J connectivity index is 1.45. The largest absolute Gasteiger partial charge is 0.358 e. The van der Waals surface area contributed by atoms with Gasteiger partial charge in [0.15, 0.2) is 5.43 Å². The number of benzene rings is 2. The molecular weight excluding hydrogens is 370 g/mol. The highest BCUT2D eigenvalue weighted by Crippen LogP contribution is 2.15. The molecule has 4 heteroatoms. The fraction of sp³-hybridized carbons (Fsp3) is 0.423. The van der Waals surface area contributed by atoms with E-state index in [1.165, 1.54) is 28.9 Å². The second kappa shape index (κ2) is 9.59. The Morgan fingerprint density at radius 3 is 2.30 bits per heavy atom. The molecule has 158 valence electrons. The highest BCUT2D eigenvalue weighted by Gasteiger charge is 2.25. The zero-order valence-electron chi connectivity index (χ0n) is 18.4. The number of piperazine rings is 1. The van der Waals surface area contributed by atoms with Crippen LogP contribution in [0.3, 0.4) is 0 Å². The van der Waals surface area contributed by atoms with Crippen LogP contribution in [-0.2, 0) is 19.5 Å². The van der Waals surface area contributed by atoms with Crippen molar-refractivity contribution in [3.63, 3.8) is 0 Å². The minimum Gasteiger partial charge on any atom is -0.358 e. The van der Waals surface area contributed by atoms with Crippen molar-refractivity contribution in [2.45, 2.75) is 46.2 Å². The van der Waals surface area contributed by atoms with E-state index in [1.807, 2.05) is 0 Å². The van der Waals surface area contributed by atoms with Gasteiger partial charge in [0.1, 0.15) is 39.3 Å². The van der Waals surface area contributed by atoms with Crippen molar-refractivity contribution in [2.75, 3.05) is 26.2 Å². The molecule has 3 aromatic rings. The minimum absolute atomic E-state index is 0.228. The predicted octanol–water partition coefficient (Wildman–Crippen LogP) is 1.66. The Kier molecular flexibility index (Phi) is 6.66. The van der Waals surface area contributed by atoms with E-state index in [2.05, 4.69) is 67.4 Å². The smallest absolute Gasteiger partial charge is 0.198 e. The van der Waals surface area contributed by atoms with Gasteiger partial charge < -0.3 is 14.8 Å². The zero-order valence-corrected chi connectivity index (χ0v) is 18.4. The number of aromatic amines is 1. The van der Waals surface area contributed by atoms with Gasteiger partial charge in [0, 0.05) is 22.2 Å². The molecule has 0 atom stereocenters. The number of fused-ring (bicyclic) bond motifs is 1. The van der Waals surface area contributed by atoms with Crippen molar-refractivity contribution in [3.8, 4) is 0 Å². The van der Waals surface area contributed by atoms with Crippen LogP contribution < -0.4 is 15.2 Å². The molecule has 0 radical (unpaired) electrons. The first kappa shape index (κ1) is 20.8. The number of unbranched alkanes of at least 4 members (excludes halogenated alkanes) is 1. The molecule has 1 fully saturated rings. The molecule has 4 nitrogen and oxygen atoms in total. The lowest BCUT2D eigenvalue weighted by molar-refractivity contribution is -1.02. The summed E-state index contributed by atoms with van der Waals surface area (Å²) in [5.74, 6) is 0. The number of aromatic nitrogens is 1. The second-order valence-electron chi connectivity index (χ2n) is 8.88. The first-order valence-corrected chi connectivity index (χ1v) is 11.5. The molecule has 1 aromatic heterocycles. The molecule has 0 amide bonds. The third-order valence-electron chi connectivity index (χ3n) is 6.58. The van der Waals surface area contributed by atoms with Crippen LogP contribution in [0.25, 0.3) is 10.9 Å². The number of nitrogens with one attached hydrogen (secondary N) is 3. The van der Waals surface area contributed by atoms with E-state index in [0.29, 0.717) is 0 Å². The zero-order chi connectivity index (χ0) is 20.9. The third-order valence-corrected chi connectivity index (χ3v) is 6.58. The summed E-state index contributed by atoms with van der Waals surface area (Å²) in [5, 5.41) is 0.858. The van der Waals surface area contributed by atoms with Crippen molar-refractivity contribution in [1.82, 2.24) is 4.98 Å². The molecule has 0 aliphatic carbocycles. The molecule has 3 N–H and O–H groups in total. The maximum absolute atomic E-state index is 13.3. The normalized spacial score (nSPS) is 19.3. The van der Waals surface area contributed by atoms with Crippen molar-refractivity contribution >= 4 is 10.9 Å². The van der Waals surface area contributed by atoms with E-state index in [4.69, 9.17) is 0 Å². The lowest BCUT2D eigenvalue weighted by atomic mass is 10.0. The summed E-state index contributed by atoms with van der Waals surface area (Å²) in [5.41, 5.74) is 5.88. The van der Waals surface area contributed by atoms with Gasteiger partial charge in [0.05, 0.1) is 5.56 Å². The molecule has 2 aromatic carbocycles. The van der Waals surface area contributed by atoms with E-state index in [0.717, 1.165) is 67.8 Å². The average molecular weight is 406 g/mol. The Hall–Kier alpha value is -2.43. The van der Waals surface area contributed by atoms with Gasteiger partial charge in [-0.3, -0.25) is 4.79 Å². The van der Waals surface area contributed by atoms with Crippen LogP contribution in [0.4, 0.5) is 0 Å². The predicted molar refractivity (Wildman–Crippen MR) is 123 cm³/mol. The van der Waals surface area contributed by atoms with Crippen LogP contribution >= 0.6 is 0 Å². The SMILES string of the molecule is CCCCc1ccc2[nH]c(C)c(C[NH+]3CC[NH+](Cc4ccccc4)CC3)c(=O)c2c1. The molecule has 0 bridgehead atoms. The van der Waals surface area contributed by atoms with Gasteiger partial charge >= 0.3 is 0 Å². The van der Waals surface area contributed by atoms with Crippen LogP contribution in [0.2, 0.25) is 0 Å². The van der Waals surface area contributed by atoms with Crippen molar-refractivity contribution in [2.24, 2.45) is 0 Å². The first-order chi connectivity index (χ1) is 14.6. The van der Waals surface area contributed by atoms with E-state index in [1.54, 1.807) is 4.90 Å². The number of pyridine rings is 1. The quantitative estimate of drug-likeness (QED) is 0.550. The van der Waals surface area contributed by atoms with Crippen LogP contribution in [0.1, 0.15) is 42.1 Å². The monoisotopic (exact) mass is 405 g/mol. The summed E-state index contributed by atoms with van der Waals surface area (Å²) in [6, 6.07) is 17.1. The van der Waals surface area contributed by atoms with Crippen molar-refractivity contribution in [1.29, 1.82) is 0 Å². The van der Waals surface area contributed by atoms with E-state index in [9.17, 15) is 4.79 Å². The van der Waals surface area contributed by atoms with E-state index in [-0.39, 0.29) is 5.43 Å². The number of rotatable bonds is 7. The van der Waals surface area contributed by atoms with Gasteiger partial charge in [-0.05, 0) is 37.5 Å². The van der Waals surface area contributed by atoms with Crippen LogP contribution in [0.5, 0.6) is 0 Å². The standard InChI is InChI=1S/C26H33N3O/c1-3-4-8-21-11-12-25-23(17-21)26(30)24(20(2)27-25)19-29-15-13-28(14-16-29)18-22-9-6-5-7-10-22/h5-7,9-12,17H,3-4,8,13-16,18-19H2,1-2H3,(H,27,30)/p+2. The summed E-state index contributed by atoms with van der Waals surface area (Å²) >= 11 is 0. The minimum atomic E-state index is 0.228. The molecule has 1 aliphatic rings. The number of aryl methyl sites for hydroxylation is 2. The molecular formula is C26H35N3O+2. The summed E-state index contributed by atoms with van der Waals surface area (Å²) in [4.78, 5) is 20.0. The number of hydrogen-bond donors (Lipinski definition) is 3. The number of quaternary nitrogens is 2. The Bertz CT molecular complexity index is 1030. The van der Waals surface area contributed by atoms with Gasteiger partial charge in [-0.1, -0.05) is 49.7 Å². The van der Waals surface area contributed by atoms with Crippen LogP contribution in [-0.4, -0.2) is 31.2 Å². The third kappa shape index (κ3) is 4.82. The fourth-order valence-electron chi connectivity index (χ4n) is 4.69. The molecule has 0 unspecified atom stereocenters. The molecule has 0 saturated carbocycles. The maximum atomic E-state index is 13.3. The Morgan fingerprint density at radius 2 is 1.60 bits per heavy atom. The fourth-order valence-corrected chi connectivity index (χ4v) is 4.69. The molecule has 0 spiro atoms. The van der Waals surface area contributed by atoms with Gasteiger partial charge in [-0.2, -0.15) is 0 Å². The molecule has 1 aliphatic heterocycles. The summed E-state index contributed by atoms with van der Waals surface area (Å²) < 4.78 is 0. The van der Waals surface area contributed by atoms with Gasteiger partial charge in [-0.15, -0.1) is 0 Å². The van der Waals surface area contributed by atoms with Crippen molar-refractivity contribution < 1.29 is 9.80 Å². The number of hydrogen-bond acceptors (Lipinski definition) is 1. The molecule has 1 saturated heterocycles. The molecule has 2 heterocycles. The number of H-pyrrole nitrogens is 1. The Morgan fingerprint density at radius 1 is 0.900 bits per heavy atom.